The number of methoxy groups -OCH3 is 1. The van der Waals surface area contributed by atoms with Crippen LogP contribution < -0.4 is 10.1 Å². The Morgan fingerprint density at radius 1 is 1.32 bits per heavy atom. The van der Waals surface area contributed by atoms with Crippen LogP contribution >= 0.6 is 0 Å². The SMILES string of the molecule is CCC(C)(CCO)NCC(C)c1ccc(OC)cc1. The van der Waals surface area contributed by atoms with Gasteiger partial charge in [0.25, 0.3) is 0 Å². The van der Waals surface area contributed by atoms with Crippen LogP contribution in [0.2, 0.25) is 0 Å². The summed E-state index contributed by atoms with van der Waals surface area (Å²) in [5.74, 6) is 1.33. The highest BCUT2D eigenvalue weighted by molar-refractivity contribution is 5.29. The number of aliphatic hydroxyl groups is 1. The molecule has 0 bridgehead atoms. The standard InChI is InChI=1S/C16H27NO2/c1-5-16(3,10-11-18)17-12-13(2)14-6-8-15(19-4)9-7-14/h6-9,13,17-18H,5,10-12H2,1-4H3. The summed E-state index contributed by atoms with van der Waals surface area (Å²) in [7, 11) is 1.68. The molecular formula is C16H27NO2. The van der Waals surface area contributed by atoms with Crippen LogP contribution in [0.15, 0.2) is 24.3 Å². The third kappa shape index (κ3) is 4.84. The van der Waals surface area contributed by atoms with Crippen LogP contribution in [0.3, 0.4) is 0 Å². The lowest BCUT2D eigenvalue weighted by Crippen LogP contribution is -2.44. The minimum Gasteiger partial charge on any atom is -0.497 e. The summed E-state index contributed by atoms with van der Waals surface area (Å²) < 4.78 is 5.17. The highest BCUT2D eigenvalue weighted by atomic mass is 16.5. The van der Waals surface area contributed by atoms with Gasteiger partial charge in [0.2, 0.25) is 0 Å². The predicted octanol–water partition coefficient (Wildman–Crippen LogP) is 2.94. The molecule has 0 saturated carbocycles. The maximum Gasteiger partial charge on any atom is 0.118 e. The van der Waals surface area contributed by atoms with Crippen LogP contribution in [0.4, 0.5) is 0 Å². The van der Waals surface area contributed by atoms with Gasteiger partial charge in [-0.3, -0.25) is 0 Å². The molecule has 0 aliphatic heterocycles. The molecule has 2 unspecified atom stereocenters. The fourth-order valence-corrected chi connectivity index (χ4v) is 2.09. The van der Waals surface area contributed by atoms with E-state index in [0.717, 1.165) is 25.1 Å². The molecule has 0 radical (unpaired) electrons. The van der Waals surface area contributed by atoms with E-state index in [-0.39, 0.29) is 12.1 Å². The first-order chi connectivity index (χ1) is 9.04. The predicted molar refractivity (Wildman–Crippen MR) is 79.8 cm³/mol. The molecule has 108 valence electrons. The fraction of sp³-hybridized carbons (Fsp3) is 0.625. The summed E-state index contributed by atoms with van der Waals surface area (Å²) in [5, 5.41) is 12.7. The molecular weight excluding hydrogens is 238 g/mol. The van der Waals surface area contributed by atoms with Crippen molar-refractivity contribution in [2.75, 3.05) is 20.3 Å². The Hall–Kier alpha value is -1.06. The van der Waals surface area contributed by atoms with E-state index in [4.69, 9.17) is 9.84 Å². The van der Waals surface area contributed by atoms with Crippen LogP contribution in [0.5, 0.6) is 5.75 Å². The van der Waals surface area contributed by atoms with Crippen LogP contribution in [-0.2, 0) is 0 Å². The van der Waals surface area contributed by atoms with Gasteiger partial charge in [0.15, 0.2) is 0 Å². The van der Waals surface area contributed by atoms with Crippen molar-refractivity contribution >= 4 is 0 Å². The molecule has 19 heavy (non-hydrogen) atoms. The lowest BCUT2D eigenvalue weighted by molar-refractivity contribution is 0.214. The van der Waals surface area contributed by atoms with E-state index >= 15 is 0 Å². The number of rotatable bonds is 8. The molecule has 3 nitrogen and oxygen atoms in total. The van der Waals surface area contributed by atoms with E-state index in [0.29, 0.717) is 5.92 Å². The van der Waals surface area contributed by atoms with Crippen molar-refractivity contribution in [3.8, 4) is 5.75 Å². The van der Waals surface area contributed by atoms with E-state index in [1.165, 1.54) is 5.56 Å². The molecule has 1 rings (SSSR count). The first-order valence-corrected chi connectivity index (χ1v) is 7.04. The zero-order valence-electron chi connectivity index (χ0n) is 12.6. The highest BCUT2D eigenvalue weighted by Crippen LogP contribution is 2.20. The largest absolute Gasteiger partial charge is 0.497 e. The molecule has 0 aliphatic carbocycles. The third-order valence-corrected chi connectivity index (χ3v) is 3.96. The molecule has 0 aromatic heterocycles. The number of aliphatic hydroxyl groups excluding tert-OH is 1. The topological polar surface area (TPSA) is 41.5 Å². The maximum atomic E-state index is 9.12. The Kier molecular flexibility index (Phi) is 6.32. The molecule has 0 amide bonds. The van der Waals surface area contributed by atoms with Gasteiger partial charge in [0.05, 0.1) is 7.11 Å². The Balaban J connectivity index is 2.56. The Morgan fingerprint density at radius 3 is 2.42 bits per heavy atom. The smallest absolute Gasteiger partial charge is 0.118 e. The van der Waals surface area contributed by atoms with E-state index < -0.39 is 0 Å². The van der Waals surface area contributed by atoms with Gasteiger partial charge in [-0.1, -0.05) is 26.0 Å². The number of ether oxygens (including phenoxy) is 1. The van der Waals surface area contributed by atoms with Crippen LogP contribution in [-0.4, -0.2) is 30.9 Å². The molecule has 0 aliphatic rings. The van der Waals surface area contributed by atoms with Gasteiger partial charge in [0, 0.05) is 18.7 Å². The quantitative estimate of drug-likeness (QED) is 0.759. The average molecular weight is 265 g/mol. The van der Waals surface area contributed by atoms with Crippen molar-refractivity contribution in [1.29, 1.82) is 0 Å². The lowest BCUT2D eigenvalue weighted by Gasteiger charge is -2.30. The van der Waals surface area contributed by atoms with Crippen molar-refractivity contribution in [2.24, 2.45) is 0 Å². The van der Waals surface area contributed by atoms with E-state index in [9.17, 15) is 0 Å². The monoisotopic (exact) mass is 265 g/mol. The van der Waals surface area contributed by atoms with Crippen molar-refractivity contribution in [2.45, 2.75) is 45.1 Å². The second-order valence-corrected chi connectivity index (χ2v) is 5.44. The third-order valence-electron chi connectivity index (χ3n) is 3.96. The first kappa shape index (κ1) is 16.0. The summed E-state index contributed by atoms with van der Waals surface area (Å²) in [6.45, 7) is 7.68. The molecule has 1 aromatic rings. The van der Waals surface area contributed by atoms with Gasteiger partial charge >= 0.3 is 0 Å². The van der Waals surface area contributed by atoms with Crippen molar-refractivity contribution < 1.29 is 9.84 Å². The molecule has 0 fully saturated rings. The van der Waals surface area contributed by atoms with E-state index in [1.807, 2.05) is 12.1 Å². The Bertz CT molecular complexity index is 364. The molecule has 3 heteroatoms. The Labute approximate surface area is 117 Å². The highest BCUT2D eigenvalue weighted by Gasteiger charge is 2.21. The van der Waals surface area contributed by atoms with Gasteiger partial charge < -0.3 is 15.2 Å². The Morgan fingerprint density at radius 2 is 1.95 bits per heavy atom. The zero-order chi connectivity index (χ0) is 14.3. The summed E-state index contributed by atoms with van der Waals surface area (Å²) in [5.41, 5.74) is 1.32. The summed E-state index contributed by atoms with van der Waals surface area (Å²) in [4.78, 5) is 0. The van der Waals surface area contributed by atoms with Gasteiger partial charge in [-0.25, -0.2) is 0 Å². The summed E-state index contributed by atoms with van der Waals surface area (Å²) >= 11 is 0. The van der Waals surface area contributed by atoms with Gasteiger partial charge in [-0.15, -0.1) is 0 Å². The minimum atomic E-state index is 0.0233. The molecule has 0 saturated heterocycles. The fourth-order valence-electron chi connectivity index (χ4n) is 2.09. The summed E-state index contributed by atoms with van der Waals surface area (Å²) in [6, 6.07) is 8.22. The van der Waals surface area contributed by atoms with Crippen molar-refractivity contribution in [1.82, 2.24) is 5.32 Å². The number of benzene rings is 1. The second-order valence-electron chi connectivity index (χ2n) is 5.44. The van der Waals surface area contributed by atoms with Crippen LogP contribution in [0.1, 0.15) is 45.1 Å². The molecule has 2 N–H and O–H groups in total. The summed E-state index contributed by atoms with van der Waals surface area (Å²) in [6.07, 6.45) is 1.81. The number of hydrogen-bond donors (Lipinski definition) is 2. The minimum absolute atomic E-state index is 0.0233. The first-order valence-electron chi connectivity index (χ1n) is 7.04. The zero-order valence-corrected chi connectivity index (χ0v) is 12.6. The molecule has 0 spiro atoms. The van der Waals surface area contributed by atoms with Crippen LogP contribution in [0.25, 0.3) is 0 Å². The number of hydrogen-bond acceptors (Lipinski definition) is 3. The average Bonchev–Trinajstić information content (AvgIpc) is 2.45. The second kappa shape index (κ2) is 7.51. The van der Waals surface area contributed by atoms with Gasteiger partial charge in [-0.05, 0) is 43.4 Å². The molecule has 2 atom stereocenters. The molecule has 0 heterocycles. The van der Waals surface area contributed by atoms with Gasteiger partial charge in [0.1, 0.15) is 5.75 Å². The van der Waals surface area contributed by atoms with Crippen LogP contribution in [0, 0.1) is 0 Å². The van der Waals surface area contributed by atoms with Gasteiger partial charge in [-0.2, -0.15) is 0 Å². The van der Waals surface area contributed by atoms with E-state index in [1.54, 1.807) is 7.11 Å². The van der Waals surface area contributed by atoms with E-state index in [2.05, 4.69) is 38.2 Å². The number of nitrogens with one attached hydrogen (secondary N) is 1. The normalized spacial score (nSPS) is 15.8. The van der Waals surface area contributed by atoms with Crippen molar-refractivity contribution in [3.05, 3.63) is 29.8 Å². The molecule has 1 aromatic carbocycles. The van der Waals surface area contributed by atoms with Crippen molar-refractivity contribution in [3.63, 3.8) is 0 Å². The lowest BCUT2D eigenvalue weighted by atomic mass is 9.93. The maximum absolute atomic E-state index is 9.12.